The lowest BCUT2D eigenvalue weighted by atomic mass is 10.2. The van der Waals surface area contributed by atoms with Gasteiger partial charge in [-0.15, -0.1) is 0 Å². The number of nitriles is 1. The highest BCUT2D eigenvalue weighted by Crippen LogP contribution is 2.22. The molecular formula is C12H13NS. The van der Waals surface area contributed by atoms with Crippen molar-refractivity contribution in [3.63, 3.8) is 0 Å². The second-order valence-corrected chi connectivity index (χ2v) is 3.99. The highest BCUT2D eigenvalue weighted by atomic mass is 32.2. The standard InChI is InChI=1S/C12H13NS/c1-3-11(8-13)9-14-12-6-4-5-10(2)7-12/h4-7,9H,3H2,1-2H3. The molecule has 0 aliphatic carbocycles. The van der Waals surface area contributed by atoms with Crippen molar-refractivity contribution in [3.8, 4) is 6.07 Å². The number of benzene rings is 1. The molecule has 0 aliphatic heterocycles. The van der Waals surface area contributed by atoms with Crippen molar-refractivity contribution in [1.29, 1.82) is 5.26 Å². The van der Waals surface area contributed by atoms with Crippen LogP contribution in [0, 0.1) is 18.3 Å². The molecule has 1 nitrogen and oxygen atoms in total. The van der Waals surface area contributed by atoms with E-state index < -0.39 is 0 Å². The fourth-order valence-corrected chi connectivity index (χ4v) is 1.93. The van der Waals surface area contributed by atoms with Crippen molar-refractivity contribution in [2.75, 3.05) is 0 Å². The van der Waals surface area contributed by atoms with Crippen molar-refractivity contribution < 1.29 is 0 Å². The Morgan fingerprint density at radius 1 is 1.57 bits per heavy atom. The molecule has 0 radical (unpaired) electrons. The van der Waals surface area contributed by atoms with Crippen molar-refractivity contribution >= 4 is 11.8 Å². The van der Waals surface area contributed by atoms with Crippen molar-refractivity contribution in [1.82, 2.24) is 0 Å². The first kappa shape index (κ1) is 10.9. The highest BCUT2D eigenvalue weighted by Gasteiger charge is 1.93. The number of allylic oxidation sites excluding steroid dienone is 1. The van der Waals surface area contributed by atoms with Gasteiger partial charge < -0.3 is 0 Å². The summed E-state index contributed by atoms with van der Waals surface area (Å²) in [5.74, 6) is 0. The normalized spacial score (nSPS) is 11.1. The van der Waals surface area contributed by atoms with Gasteiger partial charge in [-0.25, -0.2) is 0 Å². The third-order valence-electron chi connectivity index (χ3n) is 1.85. The molecular weight excluding hydrogens is 190 g/mol. The monoisotopic (exact) mass is 203 g/mol. The van der Waals surface area contributed by atoms with E-state index >= 15 is 0 Å². The van der Waals surface area contributed by atoms with Crippen LogP contribution in [0.15, 0.2) is 40.1 Å². The van der Waals surface area contributed by atoms with E-state index in [1.807, 2.05) is 18.4 Å². The Balaban J connectivity index is 2.71. The average Bonchev–Trinajstić information content (AvgIpc) is 2.19. The molecule has 0 heterocycles. The number of aryl methyl sites for hydroxylation is 1. The van der Waals surface area contributed by atoms with Crippen LogP contribution in [0.1, 0.15) is 18.9 Å². The van der Waals surface area contributed by atoms with E-state index in [4.69, 9.17) is 5.26 Å². The Labute approximate surface area is 89.4 Å². The third kappa shape index (κ3) is 3.27. The first-order valence-electron chi connectivity index (χ1n) is 4.58. The number of hydrogen-bond acceptors (Lipinski definition) is 2. The van der Waals surface area contributed by atoms with E-state index in [0.717, 1.165) is 12.0 Å². The minimum atomic E-state index is 0.801. The largest absolute Gasteiger partial charge is 0.193 e. The minimum Gasteiger partial charge on any atom is -0.193 e. The fourth-order valence-electron chi connectivity index (χ4n) is 1.02. The second-order valence-electron chi connectivity index (χ2n) is 3.04. The van der Waals surface area contributed by atoms with Gasteiger partial charge in [-0.2, -0.15) is 5.26 Å². The van der Waals surface area contributed by atoms with E-state index in [-0.39, 0.29) is 0 Å². The maximum Gasteiger partial charge on any atom is 0.0952 e. The predicted octanol–water partition coefficient (Wildman–Crippen LogP) is 3.90. The molecule has 0 atom stereocenters. The van der Waals surface area contributed by atoms with Crippen LogP contribution >= 0.6 is 11.8 Å². The summed E-state index contributed by atoms with van der Waals surface area (Å²) in [6.45, 7) is 4.06. The first-order valence-corrected chi connectivity index (χ1v) is 5.46. The Morgan fingerprint density at radius 2 is 2.36 bits per heavy atom. The van der Waals surface area contributed by atoms with Crippen molar-refractivity contribution in [3.05, 3.63) is 40.8 Å². The fraction of sp³-hybridized carbons (Fsp3) is 0.250. The Hall–Kier alpha value is -1.20. The molecule has 0 unspecified atom stereocenters. The highest BCUT2D eigenvalue weighted by molar-refractivity contribution is 8.02. The summed E-state index contributed by atoms with van der Waals surface area (Å²) in [5, 5.41) is 10.7. The number of nitrogens with zero attached hydrogens (tertiary/aromatic N) is 1. The zero-order chi connectivity index (χ0) is 10.4. The van der Waals surface area contributed by atoms with Gasteiger partial charge in [0.2, 0.25) is 0 Å². The molecule has 0 bridgehead atoms. The van der Waals surface area contributed by atoms with Crippen molar-refractivity contribution in [2.45, 2.75) is 25.2 Å². The maximum atomic E-state index is 8.73. The van der Waals surface area contributed by atoms with Gasteiger partial charge in [0.1, 0.15) is 0 Å². The quantitative estimate of drug-likeness (QED) is 0.549. The molecule has 0 saturated carbocycles. The molecule has 2 heteroatoms. The summed E-state index contributed by atoms with van der Waals surface area (Å²) < 4.78 is 0. The van der Waals surface area contributed by atoms with Gasteiger partial charge in [-0.05, 0) is 30.9 Å². The molecule has 1 aromatic rings. The summed E-state index contributed by atoms with van der Waals surface area (Å²) >= 11 is 1.61. The molecule has 0 aliphatic rings. The van der Waals surface area contributed by atoms with E-state index in [0.29, 0.717) is 0 Å². The van der Waals surface area contributed by atoms with Gasteiger partial charge in [0.05, 0.1) is 6.07 Å². The summed E-state index contributed by atoms with van der Waals surface area (Å²) in [7, 11) is 0. The lowest BCUT2D eigenvalue weighted by Gasteiger charge is -1.98. The molecule has 72 valence electrons. The Kier molecular flexibility index (Phi) is 4.28. The Morgan fingerprint density at radius 3 is 2.93 bits per heavy atom. The molecule has 0 spiro atoms. The van der Waals surface area contributed by atoms with Gasteiger partial charge in [0.15, 0.2) is 0 Å². The van der Waals surface area contributed by atoms with Gasteiger partial charge in [-0.3, -0.25) is 0 Å². The number of rotatable bonds is 3. The second kappa shape index (κ2) is 5.51. The van der Waals surface area contributed by atoms with Gasteiger partial charge >= 0.3 is 0 Å². The molecule has 0 N–H and O–H groups in total. The molecule has 1 rings (SSSR count). The lowest BCUT2D eigenvalue weighted by Crippen LogP contribution is -1.74. The Bertz CT molecular complexity index is 374. The van der Waals surface area contributed by atoms with Crippen LogP contribution in [0.4, 0.5) is 0 Å². The third-order valence-corrected chi connectivity index (χ3v) is 2.78. The van der Waals surface area contributed by atoms with E-state index in [1.165, 1.54) is 10.5 Å². The average molecular weight is 203 g/mol. The predicted molar refractivity (Wildman–Crippen MR) is 61.0 cm³/mol. The van der Waals surface area contributed by atoms with Crippen LogP contribution in [-0.4, -0.2) is 0 Å². The molecule has 1 aromatic carbocycles. The van der Waals surface area contributed by atoms with Crippen LogP contribution in [0.25, 0.3) is 0 Å². The van der Waals surface area contributed by atoms with Crippen LogP contribution in [-0.2, 0) is 0 Å². The van der Waals surface area contributed by atoms with E-state index in [9.17, 15) is 0 Å². The van der Waals surface area contributed by atoms with E-state index in [2.05, 4.69) is 31.2 Å². The van der Waals surface area contributed by atoms with E-state index in [1.54, 1.807) is 11.8 Å². The smallest absolute Gasteiger partial charge is 0.0952 e. The maximum absolute atomic E-state index is 8.73. The minimum absolute atomic E-state index is 0.801. The van der Waals surface area contributed by atoms with Gasteiger partial charge in [0, 0.05) is 10.5 Å². The van der Waals surface area contributed by atoms with Crippen LogP contribution in [0.2, 0.25) is 0 Å². The summed E-state index contributed by atoms with van der Waals surface area (Å²) in [6, 6.07) is 10.4. The zero-order valence-corrected chi connectivity index (χ0v) is 9.27. The van der Waals surface area contributed by atoms with Crippen LogP contribution in [0.5, 0.6) is 0 Å². The van der Waals surface area contributed by atoms with Gasteiger partial charge in [0.25, 0.3) is 0 Å². The van der Waals surface area contributed by atoms with Crippen LogP contribution in [0.3, 0.4) is 0 Å². The molecule has 0 fully saturated rings. The summed E-state index contributed by atoms with van der Waals surface area (Å²) in [6.07, 6.45) is 0.801. The molecule has 0 aromatic heterocycles. The molecule has 0 amide bonds. The number of hydrogen-bond donors (Lipinski definition) is 0. The van der Waals surface area contributed by atoms with Crippen LogP contribution < -0.4 is 0 Å². The number of thioether (sulfide) groups is 1. The first-order chi connectivity index (χ1) is 6.76. The lowest BCUT2D eigenvalue weighted by molar-refractivity contribution is 1.16. The topological polar surface area (TPSA) is 23.8 Å². The molecule has 14 heavy (non-hydrogen) atoms. The van der Waals surface area contributed by atoms with Crippen molar-refractivity contribution in [2.24, 2.45) is 0 Å². The SMILES string of the molecule is CCC(C#N)=CSc1cccc(C)c1. The zero-order valence-electron chi connectivity index (χ0n) is 8.45. The summed E-state index contributed by atoms with van der Waals surface area (Å²) in [5.41, 5.74) is 2.08. The molecule has 0 saturated heterocycles. The van der Waals surface area contributed by atoms with Gasteiger partial charge in [-0.1, -0.05) is 36.4 Å². The summed E-state index contributed by atoms with van der Waals surface area (Å²) in [4.78, 5) is 1.19.